The molecule has 0 saturated carbocycles. The van der Waals surface area contributed by atoms with E-state index in [2.05, 4.69) is 15.9 Å². The van der Waals surface area contributed by atoms with Crippen molar-refractivity contribution in [2.24, 2.45) is 0 Å². The Hall–Kier alpha value is -0.570. The number of rotatable bonds is 3. The van der Waals surface area contributed by atoms with Crippen molar-refractivity contribution in [2.75, 3.05) is 0 Å². The normalized spacial score (nSPS) is 12.4. The SMILES string of the molecule is Fc1ccc(Br)cc1C(Cl)Cc1cccc(Cl)c1. The van der Waals surface area contributed by atoms with Gasteiger partial charge in [-0.05, 0) is 42.3 Å². The molecule has 0 N–H and O–H groups in total. The van der Waals surface area contributed by atoms with Gasteiger partial charge in [0.1, 0.15) is 5.82 Å². The minimum Gasteiger partial charge on any atom is -0.207 e. The van der Waals surface area contributed by atoms with Gasteiger partial charge in [-0.25, -0.2) is 4.39 Å². The van der Waals surface area contributed by atoms with Crippen molar-refractivity contribution >= 4 is 39.1 Å². The van der Waals surface area contributed by atoms with Crippen LogP contribution in [0.25, 0.3) is 0 Å². The van der Waals surface area contributed by atoms with Gasteiger partial charge in [0.15, 0.2) is 0 Å². The van der Waals surface area contributed by atoms with E-state index in [4.69, 9.17) is 23.2 Å². The summed E-state index contributed by atoms with van der Waals surface area (Å²) in [7, 11) is 0. The molecule has 0 spiro atoms. The van der Waals surface area contributed by atoms with Crippen molar-refractivity contribution in [3.8, 4) is 0 Å². The number of hydrogen-bond donors (Lipinski definition) is 0. The molecule has 0 aliphatic heterocycles. The van der Waals surface area contributed by atoms with Crippen LogP contribution in [0.3, 0.4) is 0 Å². The minimum absolute atomic E-state index is 0.291. The topological polar surface area (TPSA) is 0 Å². The van der Waals surface area contributed by atoms with E-state index in [1.807, 2.05) is 18.2 Å². The van der Waals surface area contributed by atoms with Gasteiger partial charge in [-0.3, -0.25) is 0 Å². The summed E-state index contributed by atoms with van der Waals surface area (Å²) in [6, 6.07) is 12.2. The maximum atomic E-state index is 13.7. The van der Waals surface area contributed by atoms with E-state index in [1.165, 1.54) is 6.07 Å². The first-order valence-electron chi connectivity index (χ1n) is 5.40. The highest BCUT2D eigenvalue weighted by Crippen LogP contribution is 2.30. The summed E-state index contributed by atoms with van der Waals surface area (Å²) in [6.07, 6.45) is 0.537. The molecule has 0 amide bonds. The first-order valence-corrected chi connectivity index (χ1v) is 7.00. The lowest BCUT2D eigenvalue weighted by atomic mass is 10.0. The van der Waals surface area contributed by atoms with Gasteiger partial charge in [-0.1, -0.05) is 39.7 Å². The second kappa shape index (κ2) is 6.05. The third kappa shape index (κ3) is 3.47. The van der Waals surface area contributed by atoms with Gasteiger partial charge in [0, 0.05) is 15.1 Å². The summed E-state index contributed by atoms with van der Waals surface area (Å²) in [5.74, 6) is -0.291. The zero-order valence-electron chi connectivity index (χ0n) is 9.34. The molecule has 1 unspecified atom stereocenters. The molecule has 1 atom stereocenters. The number of halogens is 4. The Bertz CT molecular complexity index is 557. The molecule has 0 aliphatic carbocycles. The highest BCUT2D eigenvalue weighted by Gasteiger charge is 2.14. The Morgan fingerprint density at radius 1 is 1.17 bits per heavy atom. The largest absolute Gasteiger partial charge is 0.207 e. The molecule has 4 heteroatoms. The van der Waals surface area contributed by atoms with E-state index in [-0.39, 0.29) is 5.82 Å². The van der Waals surface area contributed by atoms with E-state index in [0.29, 0.717) is 17.0 Å². The molecule has 0 aromatic heterocycles. The van der Waals surface area contributed by atoms with E-state index < -0.39 is 5.38 Å². The minimum atomic E-state index is -0.416. The molecule has 0 saturated heterocycles. The molecule has 0 aliphatic rings. The van der Waals surface area contributed by atoms with Crippen LogP contribution < -0.4 is 0 Å². The van der Waals surface area contributed by atoms with Gasteiger partial charge < -0.3 is 0 Å². The second-order valence-corrected chi connectivity index (χ2v) is 5.85. The molecule has 0 bridgehead atoms. The monoisotopic (exact) mass is 346 g/mol. The van der Waals surface area contributed by atoms with Crippen molar-refractivity contribution in [2.45, 2.75) is 11.8 Å². The number of hydrogen-bond acceptors (Lipinski definition) is 0. The van der Waals surface area contributed by atoms with Gasteiger partial charge in [-0.15, -0.1) is 11.6 Å². The summed E-state index contributed by atoms with van der Waals surface area (Å²) in [6.45, 7) is 0. The molecule has 18 heavy (non-hydrogen) atoms. The highest BCUT2D eigenvalue weighted by atomic mass is 79.9. The van der Waals surface area contributed by atoms with Crippen molar-refractivity contribution in [1.29, 1.82) is 0 Å². The Kier molecular flexibility index (Phi) is 4.66. The quantitative estimate of drug-likeness (QED) is 0.619. The van der Waals surface area contributed by atoms with Gasteiger partial charge in [-0.2, -0.15) is 0 Å². The average Bonchev–Trinajstić information content (AvgIpc) is 2.32. The van der Waals surface area contributed by atoms with Gasteiger partial charge in [0.2, 0.25) is 0 Å². The first-order chi connectivity index (χ1) is 8.56. The molecule has 0 radical (unpaired) electrons. The van der Waals surface area contributed by atoms with Crippen LogP contribution >= 0.6 is 39.1 Å². The standard InChI is InChI=1S/C14H10BrCl2F/c15-10-4-5-14(18)12(8-10)13(17)7-9-2-1-3-11(16)6-9/h1-6,8,13H,7H2. The molecule has 94 valence electrons. The van der Waals surface area contributed by atoms with Gasteiger partial charge in [0.05, 0.1) is 5.38 Å². The van der Waals surface area contributed by atoms with E-state index in [1.54, 1.807) is 18.2 Å². The third-order valence-corrected chi connectivity index (χ3v) is 3.72. The number of alkyl halides is 1. The zero-order chi connectivity index (χ0) is 13.1. The van der Waals surface area contributed by atoms with Crippen molar-refractivity contribution in [3.63, 3.8) is 0 Å². The smallest absolute Gasteiger partial charge is 0.127 e. The van der Waals surface area contributed by atoms with E-state index in [9.17, 15) is 4.39 Å². The second-order valence-electron chi connectivity index (χ2n) is 3.97. The summed E-state index contributed by atoms with van der Waals surface area (Å²) in [5, 5.41) is 0.243. The maximum absolute atomic E-state index is 13.7. The molecule has 0 heterocycles. The fourth-order valence-corrected chi connectivity index (χ4v) is 2.67. The van der Waals surface area contributed by atoms with Crippen LogP contribution in [-0.2, 0) is 6.42 Å². The van der Waals surface area contributed by atoms with Gasteiger partial charge in [0.25, 0.3) is 0 Å². The van der Waals surface area contributed by atoms with Crippen LogP contribution in [0.4, 0.5) is 4.39 Å². The van der Waals surface area contributed by atoms with Crippen LogP contribution in [0.2, 0.25) is 5.02 Å². The molecule has 2 aromatic carbocycles. The lowest BCUT2D eigenvalue weighted by Crippen LogP contribution is -1.99. The van der Waals surface area contributed by atoms with Crippen LogP contribution in [0.5, 0.6) is 0 Å². The van der Waals surface area contributed by atoms with Crippen molar-refractivity contribution < 1.29 is 4.39 Å². The van der Waals surface area contributed by atoms with Crippen molar-refractivity contribution in [1.82, 2.24) is 0 Å². The molecule has 0 nitrogen and oxygen atoms in total. The molecule has 0 fully saturated rings. The lowest BCUT2D eigenvalue weighted by Gasteiger charge is -2.11. The first kappa shape index (κ1) is 13.9. The Morgan fingerprint density at radius 3 is 2.67 bits per heavy atom. The molecule has 2 rings (SSSR count). The summed E-state index contributed by atoms with van der Waals surface area (Å²) < 4.78 is 14.5. The highest BCUT2D eigenvalue weighted by molar-refractivity contribution is 9.10. The predicted octanol–water partition coefficient (Wildman–Crippen LogP) is 5.76. The van der Waals surface area contributed by atoms with Gasteiger partial charge >= 0.3 is 0 Å². The van der Waals surface area contributed by atoms with Crippen LogP contribution in [0, 0.1) is 5.82 Å². The molecular formula is C14H10BrCl2F. The van der Waals surface area contributed by atoms with Crippen molar-refractivity contribution in [3.05, 3.63) is 68.9 Å². The molecular weight excluding hydrogens is 338 g/mol. The third-order valence-electron chi connectivity index (χ3n) is 2.60. The number of benzene rings is 2. The fourth-order valence-electron chi connectivity index (χ4n) is 1.74. The predicted molar refractivity (Wildman–Crippen MR) is 77.9 cm³/mol. The molecule has 2 aromatic rings. The van der Waals surface area contributed by atoms with Crippen LogP contribution in [0.1, 0.15) is 16.5 Å². The van der Waals surface area contributed by atoms with E-state index in [0.717, 1.165) is 10.0 Å². The Balaban J connectivity index is 2.21. The van der Waals surface area contributed by atoms with Crippen LogP contribution in [0.15, 0.2) is 46.9 Å². The Labute approximate surface area is 124 Å². The summed E-state index contributed by atoms with van der Waals surface area (Å²) >= 11 is 15.5. The fraction of sp³-hybridized carbons (Fsp3) is 0.143. The average molecular weight is 348 g/mol. The summed E-state index contributed by atoms with van der Waals surface area (Å²) in [4.78, 5) is 0. The van der Waals surface area contributed by atoms with E-state index >= 15 is 0 Å². The summed E-state index contributed by atoms with van der Waals surface area (Å²) in [5.41, 5.74) is 1.48. The zero-order valence-corrected chi connectivity index (χ0v) is 12.4. The Morgan fingerprint density at radius 2 is 1.94 bits per heavy atom. The lowest BCUT2D eigenvalue weighted by molar-refractivity contribution is 0.605. The maximum Gasteiger partial charge on any atom is 0.127 e. The van der Waals surface area contributed by atoms with Crippen LogP contribution in [-0.4, -0.2) is 0 Å².